The molecule has 0 fully saturated rings. The molecule has 0 aromatic heterocycles. The van der Waals surface area contributed by atoms with Crippen LogP contribution in [0.1, 0.15) is 26.3 Å². The summed E-state index contributed by atoms with van der Waals surface area (Å²) in [5, 5.41) is 9.16. The Labute approximate surface area is 166 Å². The molecule has 0 atom stereocenters. The van der Waals surface area contributed by atoms with Gasteiger partial charge in [0.1, 0.15) is 6.61 Å². The first-order valence-electron chi connectivity index (χ1n) is 7.92. The Bertz CT molecular complexity index is 911. The number of benzene rings is 3. The second-order valence-corrected chi connectivity index (χ2v) is 6.14. The third-order valence-electron chi connectivity index (χ3n) is 3.41. The van der Waals surface area contributed by atoms with Crippen molar-refractivity contribution in [3.8, 4) is 0 Å². The fourth-order valence-corrected chi connectivity index (χ4v) is 2.49. The quantitative estimate of drug-likeness (QED) is 0.565. The minimum absolute atomic E-state index is 0.143. The van der Waals surface area contributed by atoms with Crippen LogP contribution in [0.15, 0.2) is 78.9 Å². The molecule has 0 saturated carbocycles. The maximum atomic E-state index is 11.7. The number of rotatable bonds is 4. The maximum absolute atomic E-state index is 11.7. The van der Waals surface area contributed by atoms with Crippen LogP contribution in [0.3, 0.4) is 0 Å². The van der Waals surface area contributed by atoms with Gasteiger partial charge in [0.05, 0.1) is 21.2 Å². The van der Waals surface area contributed by atoms with Crippen molar-refractivity contribution in [1.82, 2.24) is 0 Å². The minimum Gasteiger partial charge on any atom is -0.478 e. The molecule has 3 aromatic rings. The summed E-state index contributed by atoms with van der Waals surface area (Å²) in [4.78, 5) is 22.1. The lowest BCUT2D eigenvalue weighted by Crippen LogP contribution is -2.05. The van der Waals surface area contributed by atoms with Gasteiger partial charge in [0, 0.05) is 0 Å². The van der Waals surface area contributed by atoms with E-state index < -0.39 is 11.9 Å². The average molecular weight is 403 g/mol. The second kappa shape index (κ2) is 10.4. The van der Waals surface area contributed by atoms with E-state index in [4.69, 9.17) is 33.0 Å². The van der Waals surface area contributed by atoms with Crippen LogP contribution in [0.2, 0.25) is 10.0 Å². The van der Waals surface area contributed by atoms with Crippen molar-refractivity contribution in [3.05, 3.63) is 106 Å². The van der Waals surface area contributed by atoms with Gasteiger partial charge >= 0.3 is 11.9 Å². The molecule has 0 saturated heterocycles. The molecule has 0 amide bonds. The van der Waals surface area contributed by atoms with Crippen molar-refractivity contribution >= 4 is 35.1 Å². The number of carboxylic acids is 1. The highest BCUT2D eigenvalue weighted by Crippen LogP contribution is 2.16. The number of halogens is 2. The first-order chi connectivity index (χ1) is 13.0. The molecular weight excluding hydrogens is 387 g/mol. The SMILES string of the molecule is O=C(O)c1ccccc1Cl.O=C(OCc1ccccc1)c1ccccc1Cl. The first-order valence-corrected chi connectivity index (χ1v) is 8.68. The summed E-state index contributed by atoms with van der Waals surface area (Å²) in [5.41, 5.74) is 1.49. The Hall–Kier alpha value is -2.82. The number of carbonyl (C=O) groups is 2. The van der Waals surface area contributed by atoms with Crippen LogP contribution in [0.4, 0.5) is 0 Å². The highest BCUT2D eigenvalue weighted by molar-refractivity contribution is 6.33. The second-order valence-electron chi connectivity index (χ2n) is 5.33. The fraction of sp³-hybridized carbons (Fsp3) is 0.0476. The number of hydrogen-bond donors (Lipinski definition) is 1. The first kappa shape index (κ1) is 20.5. The van der Waals surface area contributed by atoms with Gasteiger partial charge in [0.2, 0.25) is 0 Å². The molecule has 0 aliphatic heterocycles. The molecule has 1 N–H and O–H groups in total. The summed E-state index contributed by atoms with van der Waals surface area (Å²) in [7, 11) is 0. The predicted octanol–water partition coefficient (Wildman–Crippen LogP) is 5.74. The highest BCUT2D eigenvalue weighted by atomic mass is 35.5. The predicted molar refractivity (Wildman–Crippen MR) is 105 cm³/mol. The molecule has 138 valence electrons. The zero-order valence-electron chi connectivity index (χ0n) is 14.1. The van der Waals surface area contributed by atoms with Gasteiger partial charge < -0.3 is 9.84 Å². The van der Waals surface area contributed by atoms with E-state index >= 15 is 0 Å². The molecular formula is C21H16Cl2O4. The van der Waals surface area contributed by atoms with Crippen LogP contribution in [0.25, 0.3) is 0 Å². The zero-order valence-corrected chi connectivity index (χ0v) is 15.7. The van der Waals surface area contributed by atoms with Gasteiger partial charge in [0.25, 0.3) is 0 Å². The zero-order chi connectivity index (χ0) is 19.6. The van der Waals surface area contributed by atoms with Gasteiger partial charge in [-0.2, -0.15) is 0 Å². The molecule has 0 bridgehead atoms. The molecule has 3 aromatic carbocycles. The number of ether oxygens (including phenoxy) is 1. The van der Waals surface area contributed by atoms with Crippen molar-refractivity contribution in [2.75, 3.05) is 0 Å². The van der Waals surface area contributed by atoms with Gasteiger partial charge in [-0.05, 0) is 29.8 Å². The van der Waals surface area contributed by atoms with E-state index in [9.17, 15) is 9.59 Å². The Morgan fingerprint density at radius 2 is 1.22 bits per heavy atom. The summed E-state index contributed by atoms with van der Waals surface area (Å²) in [6.45, 7) is 0.255. The van der Waals surface area contributed by atoms with Gasteiger partial charge in [-0.15, -0.1) is 0 Å². The highest BCUT2D eigenvalue weighted by Gasteiger charge is 2.10. The molecule has 0 unspecified atom stereocenters. The average Bonchev–Trinajstić information content (AvgIpc) is 2.68. The maximum Gasteiger partial charge on any atom is 0.339 e. The van der Waals surface area contributed by atoms with E-state index in [0.717, 1.165) is 5.56 Å². The smallest absolute Gasteiger partial charge is 0.339 e. The van der Waals surface area contributed by atoms with Gasteiger partial charge in [-0.3, -0.25) is 0 Å². The lowest BCUT2D eigenvalue weighted by Gasteiger charge is -2.05. The van der Waals surface area contributed by atoms with Crippen LogP contribution in [-0.4, -0.2) is 17.0 Å². The van der Waals surface area contributed by atoms with Crippen LogP contribution in [0.5, 0.6) is 0 Å². The van der Waals surface area contributed by atoms with Gasteiger partial charge in [-0.1, -0.05) is 77.8 Å². The Kier molecular flexibility index (Phi) is 7.86. The van der Waals surface area contributed by atoms with Crippen molar-refractivity contribution in [1.29, 1.82) is 0 Å². The Morgan fingerprint density at radius 1 is 0.741 bits per heavy atom. The minimum atomic E-state index is -0.995. The largest absolute Gasteiger partial charge is 0.478 e. The van der Waals surface area contributed by atoms with Gasteiger partial charge in [0.15, 0.2) is 0 Å². The van der Waals surface area contributed by atoms with E-state index in [1.807, 2.05) is 30.3 Å². The lowest BCUT2D eigenvalue weighted by atomic mass is 10.2. The third-order valence-corrected chi connectivity index (χ3v) is 4.07. The summed E-state index contributed by atoms with van der Waals surface area (Å²) >= 11 is 11.4. The van der Waals surface area contributed by atoms with E-state index in [0.29, 0.717) is 10.6 Å². The Balaban J connectivity index is 0.000000223. The van der Waals surface area contributed by atoms with E-state index in [-0.39, 0.29) is 17.2 Å². The summed E-state index contributed by atoms with van der Waals surface area (Å²) in [6, 6.07) is 22.7. The lowest BCUT2D eigenvalue weighted by molar-refractivity contribution is 0.0472. The number of esters is 1. The van der Waals surface area contributed by atoms with Crippen LogP contribution in [0, 0.1) is 0 Å². The molecule has 6 heteroatoms. The molecule has 0 aliphatic carbocycles. The molecule has 4 nitrogen and oxygen atoms in total. The summed E-state index contributed by atoms with van der Waals surface area (Å²) < 4.78 is 5.17. The molecule has 0 radical (unpaired) electrons. The van der Waals surface area contributed by atoms with E-state index in [2.05, 4.69) is 0 Å². The van der Waals surface area contributed by atoms with Crippen LogP contribution >= 0.6 is 23.2 Å². The van der Waals surface area contributed by atoms with Crippen LogP contribution < -0.4 is 0 Å². The number of aromatic carboxylic acids is 1. The number of carbonyl (C=O) groups excluding carboxylic acids is 1. The van der Waals surface area contributed by atoms with E-state index in [1.54, 1.807) is 42.5 Å². The number of carboxylic acid groups (broad SMARTS) is 1. The molecule has 3 rings (SSSR count). The van der Waals surface area contributed by atoms with Crippen molar-refractivity contribution in [2.45, 2.75) is 6.61 Å². The summed E-state index contributed by atoms with van der Waals surface area (Å²) in [6.07, 6.45) is 0. The Morgan fingerprint density at radius 3 is 1.70 bits per heavy atom. The van der Waals surface area contributed by atoms with Crippen molar-refractivity contribution in [2.24, 2.45) is 0 Å². The molecule has 0 spiro atoms. The molecule has 0 heterocycles. The molecule has 27 heavy (non-hydrogen) atoms. The van der Waals surface area contributed by atoms with E-state index in [1.165, 1.54) is 6.07 Å². The topological polar surface area (TPSA) is 63.6 Å². The van der Waals surface area contributed by atoms with Crippen LogP contribution in [-0.2, 0) is 11.3 Å². The molecule has 0 aliphatic rings. The summed E-state index contributed by atoms with van der Waals surface area (Å²) in [5.74, 6) is -1.40. The third kappa shape index (κ3) is 6.44. The standard InChI is InChI=1S/C14H11ClO2.C7H5ClO2/c15-13-9-5-4-8-12(13)14(16)17-10-11-6-2-1-3-7-11;8-6-4-2-1-3-5(6)7(9)10/h1-9H,10H2;1-4H,(H,9,10). The number of hydrogen-bond acceptors (Lipinski definition) is 3. The van der Waals surface area contributed by atoms with Gasteiger partial charge in [-0.25, -0.2) is 9.59 Å². The monoisotopic (exact) mass is 402 g/mol. The van der Waals surface area contributed by atoms with Crippen molar-refractivity contribution in [3.63, 3.8) is 0 Å². The normalized spacial score (nSPS) is 9.70. The fourth-order valence-electron chi connectivity index (χ4n) is 2.06. The van der Waals surface area contributed by atoms with Crippen molar-refractivity contribution < 1.29 is 19.4 Å².